The van der Waals surface area contributed by atoms with Crippen molar-refractivity contribution in [2.24, 2.45) is 0 Å². The van der Waals surface area contributed by atoms with Gasteiger partial charge in [0.2, 0.25) is 0 Å². The Morgan fingerprint density at radius 2 is 1.64 bits per heavy atom. The molecule has 0 saturated heterocycles. The van der Waals surface area contributed by atoms with E-state index in [0.717, 1.165) is 0 Å². The molecule has 14 heavy (non-hydrogen) atoms. The molecule has 0 aromatic carbocycles. The summed E-state index contributed by atoms with van der Waals surface area (Å²) in [5, 5.41) is 8.33. The number of carboxylic acid groups (broad SMARTS) is 1. The van der Waals surface area contributed by atoms with E-state index in [2.05, 4.69) is 0 Å². The second-order valence-electron chi connectivity index (χ2n) is 3.25. The van der Waals surface area contributed by atoms with E-state index in [-0.39, 0.29) is 18.4 Å². The first-order valence-electron chi connectivity index (χ1n) is 4.16. The Hall–Kier alpha value is -1.00. The predicted molar refractivity (Wildman–Crippen MR) is 45.9 cm³/mol. The van der Waals surface area contributed by atoms with Crippen LogP contribution in [0.4, 0.5) is 13.2 Å². The molecule has 0 saturated carbocycles. The standard InChI is InChI=1S/C9H13F3O2/c1-6(3-4-8(13)14)7(2)5-9(10,11)12/h3-5H2,1-2H3,(H,13,14). The van der Waals surface area contributed by atoms with Gasteiger partial charge in [0.05, 0.1) is 6.42 Å². The normalized spacial score (nSPS) is 13.8. The molecular weight excluding hydrogens is 197 g/mol. The van der Waals surface area contributed by atoms with E-state index in [0.29, 0.717) is 5.57 Å². The van der Waals surface area contributed by atoms with Crippen molar-refractivity contribution in [3.05, 3.63) is 11.1 Å². The quantitative estimate of drug-likeness (QED) is 0.724. The first kappa shape index (κ1) is 13.0. The summed E-state index contributed by atoms with van der Waals surface area (Å²) < 4.78 is 35.7. The number of rotatable bonds is 4. The SMILES string of the molecule is CC(CCC(=O)O)=C(C)CC(F)(F)F. The molecule has 2 nitrogen and oxygen atoms in total. The molecule has 0 aromatic heterocycles. The lowest BCUT2D eigenvalue weighted by Crippen LogP contribution is -2.08. The van der Waals surface area contributed by atoms with Crippen molar-refractivity contribution < 1.29 is 23.1 Å². The topological polar surface area (TPSA) is 37.3 Å². The van der Waals surface area contributed by atoms with Crippen molar-refractivity contribution in [3.63, 3.8) is 0 Å². The average molecular weight is 210 g/mol. The summed E-state index contributed by atoms with van der Waals surface area (Å²) in [6.45, 7) is 2.91. The average Bonchev–Trinajstić information content (AvgIpc) is 1.96. The highest BCUT2D eigenvalue weighted by Crippen LogP contribution is 2.26. The lowest BCUT2D eigenvalue weighted by Gasteiger charge is -2.09. The van der Waals surface area contributed by atoms with E-state index < -0.39 is 18.6 Å². The number of hydrogen-bond donors (Lipinski definition) is 1. The summed E-state index contributed by atoms with van der Waals surface area (Å²) in [4.78, 5) is 10.2. The zero-order chi connectivity index (χ0) is 11.4. The fourth-order valence-electron chi connectivity index (χ4n) is 0.959. The van der Waals surface area contributed by atoms with Gasteiger partial charge < -0.3 is 5.11 Å². The molecule has 0 unspecified atom stereocenters. The monoisotopic (exact) mass is 210 g/mol. The molecule has 0 spiro atoms. The number of halogens is 3. The van der Waals surface area contributed by atoms with Gasteiger partial charge in [0.25, 0.3) is 0 Å². The van der Waals surface area contributed by atoms with Crippen molar-refractivity contribution in [2.45, 2.75) is 39.3 Å². The molecule has 0 amide bonds. The van der Waals surface area contributed by atoms with Gasteiger partial charge in [0.1, 0.15) is 0 Å². The Labute approximate surface area is 80.4 Å². The Bertz CT molecular complexity index is 241. The molecule has 0 aliphatic rings. The smallest absolute Gasteiger partial charge is 0.392 e. The summed E-state index contributed by atoms with van der Waals surface area (Å²) in [5.74, 6) is -0.996. The van der Waals surface area contributed by atoms with Gasteiger partial charge in [0.15, 0.2) is 0 Å². The van der Waals surface area contributed by atoms with Gasteiger partial charge in [-0.25, -0.2) is 0 Å². The van der Waals surface area contributed by atoms with Crippen LogP contribution in [0.3, 0.4) is 0 Å². The highest BCUT2D eigenvalue weighted by atomic mass is 19.4. The van der Waals surface area contributed by atoms with Crippen LogP contribution in [0.2, 0.25) is 0 Å². The van der Waals surface area contributed by atoms with Crippen LogP contribution >= 0.6 is 0 Å². The van der Waals surface area contributed by atoms with Crippen molar-refractivity contribution >= 4 is 5.97 Å². The van der Waals surface area contributed by atoms with Gasteiger partial charge >= 0.3 is 12.1 Å². The summed E-state index contributed by atoms with van der Waals surface area (Å²) >= 11 is 0. The van der Waals surface area contributed by atoms with E-state index in [4.69, 9.17) is 5.11 Å². The van der Waals surface area contributed by atoms with Crippen molar-refractivity contribution in [3.8, 4) is 0 Å². The molecule has 0 aliphatic carbocycles. The van der Waals surface area contributed by atoms with Gasteiger partial charge in [0, 0.05) is 6.42 Å². The van der Waals surface area contributed by atoms with Crippen LogP contribution in [-0.4, -0.2) is 17.3 Å². The fourth-order valence-corrected chi connectivity index (χ4v) is 0.959. The molecule has 0 rings (SSSR count). The molecule has 0 heterocycles. The van der Waals surface area contributed by atoms with Crippen LogP contribution in [0.1, 0.15) is 33.1 Å². The molecule has 0 aromatic rings. The maximum atomic E-state index is 11.9. The van der Waals surface area contributed by atoms with Gasteiger partial charge in [-0.2, -0.15) is 13.2 Å². The minimum Gasteiger partial charge on any atom is -0.481 e. The molecule has 0 bridgehead atoms. The van der Waals surface area contributed by atoms with E-state index in [1.807, 2.05) is 0 Å². The number of allylic oxidation sites excluding steroid dienone is 2. The lowest BCUT2D eigenvalue weighted by molar-refractivity contribution is -0.136. The van der Waals surface area contributed by atoms with Gasteiger partial charge in [-0.05, 0) is 20.3 Å². The number of carbonyl (C=O) groups is 1. The van der Waals surface area contributed by atoms with E-state index in [1.54, 1.807) is 0 Å². The molecule has 0 atom stereocenters. The van der Waals surface area contributed by atoms with Crippen molar-refractivity contribution in [1.82, 2.24) is 0 Å². The maximum Gasteiger partial charge on any atom is 0.392 e. The largest absolute Gasteiger partial charge is 0.481 e. The zero-order valence-electron chi connectivity index (χ0n) is 8.11. The Morgan fingerprint density at radius 3 is 2.00 bits per heavy atom. The summed E-state index contributed by atoms with van der Waals surface area (Å²) in [7, 11) is 0. The maximum absolute atomic E-state index is 11.9. The Balaban J connectivity index is 4.22. The van der Waals surface area contributed by atoms with Crippen LogP contribution in [-0.2, 0) is 4.79 Å². The van der Waals surface area contributed by atoms with Crippen LogP contribution in [0, 0.1) is 0 Å². The van der Waals surface area contributed by atoms with E-state index in [1.165, 1.54) is 13.8 Å². The van der Waals surface area contributed by atoms with Crippen LogP contribution in [0.15, 0.2) is 11.1 Å². The second kappa shape index (κ2) is 5.02. The third-order valence-corrected chi connectivity index (χ3v) is 1.91. The van der Waals surface area contributed by atoms with Crippen LogP contribution in [0.25, 0.3) is 0 Å². The Morgan fingerprint density at radius 1 is 1.14 bits per heavy atom. The molecule has 0 fully saturated rings. The number of hydrogen-bond acceptors (Lipinski definition) is 1. The number of carboxylic acids is 1. The minimum atomic E-state index is -4.21. The first-order valence-corrected chi connectivity index (χ1v) is 4.16. The second-order valence-corrected chi connectivity index (χ2v) is 3.25. The van der Waals surface area contributed by atoms with E-state index >= 15 is 0 Å². The highest BCUT2D eigenvalue weighted by Gasteiger charge is 2.27. The van der Waals surface area contributed by atoms with Crippen LogP contribution in [0.5, 0.6) is 0 Å². The van der Waals surface area contributed by atoms with Crippen LogP contribution < -0.4 is 0 Å². The first-order chi connectivity index (χ1) is 6.22. The predicted octanol–water partition coefficient (Wildman–Crippen LogP) is 3.14. The van der Waals surface area contributed by atoms with Crippen molar-refractivity contribution in [1.29, 1.82) is 0 Å². The molecule has 5 heteroatoms. The molecule has 0 aliphatic heterocycles. The lowest BCUT2D eigenvalue weighted by atomic mass is 10.0. The number of alkyl halides is 3. The number of aliphatic carboxylic acids is 1. The molecular formula is C9H13F3O2. The Kier molecular flexibility index (Phi) is 4.67. The summed E-state index contributed by atoms with van der Waals surface area (Å²) in [6.07, 6.45) is -5.12. The third-order valence-electron chi connectivity index (χ3n) is 1.91. The van der Waals surface area contributed by atoms with Gasteiger partial charge in [-0.1, -0.05) is 11.1 Å². The zero-order valence-corrected chi connectivity index (χ0v) is 8.11. The minimum absolute atomic E-state index is 0.124. The van der Waals surface area contributed by atoms with Crippen molar-refractivity contribution in [2.75, 3.05) is 0 Å². The molecule has 82 valence electrons. The summed E-state index contributed by atoms with van der Waals surface area (Å²) in [6, 6.07) is 0. The third kappa shape index (κ3) is 6.51. The van der Waals surface area contributed by atoms with E-state index in [9.17, 15) is 18.0 Å². The molecule has 1 N–H and O–H groups in total. The fraction of sp³-hybridized carbons (Fsp3) is 0.667. The highest BCUT2D eigenvalue weighted by molar-refractivity contribution is 5.67. The summed E-state index contributed by atoms with van der Waals surface area (Å²) in [5.41, 5.74) is 0.712. The van der Waals surface area contributed by atoms with Gasteiger partial charge in [-0.3, -0.25) is 4.79 Å². The van der Waals surface area contributed by atoms with Gasteiger partial charge in [-0.15, -0.1) is 0 Å². The molecule has 0 radical (unpaired) electrons.